The molecule has 9 atom stereocenters. The van der Waals surface area contributed by atoms with E-state index in [2.05, 4.69) is 34.6 Å². The van der Waals surface area contributed by atoms with Gasteiger partial charge in [-0.25, -0.2) is 0 Å². The molecule has 1 N–H and O–H groups in total. The lowest BCUT2D eigenvalue weighted by atomic mass is 9.69. The lowest BCUT2D eigenvalue weighted by Gasteiger charge is -2.40. The van der Waals surface area contributed by atoms with Gasteiger partial charge in [-0.1, -0.05) is 34.6 Å². The summed E-state index contributed by atoms with van der Waals surface area (Å²) in [6, 6.07) is 0. The smallest absolute Gasteiger partial charge is 0.310 e. The van der Waals surface area contributed by atoms with Crippen LogP contribution in [-0.4, -0.2) is 23.1 Å². The van der Waals surface area contributed by atoms with Gasteiger partial charge in [0.1, 0.15) is 6.10 Å². The van der Waals surface area contributed by atoms with Crippen molar-refractivity contribution in [2.45, 2.75) is 66.4 Å². The molecule has 4 nitrogen and oxygen atoms in total. The Morgan fingerprint density at radius 2 is 1.60 bits per heavy atom. The van der Waals surface area contributed by atoms with Gasteiger partial charge in [-0.05, 0) is 60.7 Å². The van der Waals surface area contributed by atoms with E-state index in [1.807, 2.05) is 0 Å². The molecule has 0 radical (unpaired) electrons. The first-order valence-electron chi connectivity index (χ1n) is 10.0. The molecule has 25 heavy (non-hydrogen) atoms. The molecule has 4 aliphatic carbocycles. The summed E-state index contributed by atoms with van der Waals surface area (Å²) in [5, 5.41) is 9.75. The van der Waals surface area contributed by atoms with E-state index in [9.17, 15) is 14.7 Å². The summed E-state index contributed by atoms with van der Waals surface area (Å²) in [7, 11) is 0. The van der Waals surface area contributed by atoms with E-state index in [0.29, 0.717) is 17.8 Å². The highest BCUT2D eigenvalue weighted by Crippen LogP contribution is 2.66. The van der Waals surface area contributed by atoms with E-state index in [1.165, 1.54) is 6.42 Å². The van der Waals surface area contributed by atoms with Crippen molar-refractivity contribution in [1.82, 2.24) is 0 Å². The van der Waals surface area contributed by atoms with Gasteiger partial charge < -0.3 is 9.84 Å². The number of esters is 1. The second kappa shape index (κ2) is 5.23. The van der Waals surface area contributed by atoms with Crippen LogP contribution in [-0.2, 0) is 14.3 Å². The lowest BCUT2D eigenvalue weighted by Crippen LogP contribution is -2.45. The molecule has 4 bridgehead atoms. The summed E-state index contributed by atoms with van der Waals surface area (Å²) in [6.07, 6.45) is 4.09. The van der Waals surface area contributed by atoms with Crippen LogP contribution in [0, 0.1) is 52.3 Å². The average Bonchev–Trinajstić information content (AvgIpc) is 3.17. The van der Waals surface area contributed by atoms with E-state index in [-0.39, 0.29) is 34.7 Å². The van der Waals surface area contributed by atoms with E-state index in [4.69, 9.17) is 4.74 Å². The van der Waals surface area contributed by atoms with Gasteiger partial charge in [-0.3, -0.25) is 9.59 Å². The van der Waals surface area contributed by atoms with Gasteiger partial charge >= 0.3 is 11.9 Å². The molecule has 4 aliphatic rings. The van der Waals surface area contributed by atoms with Crippen LogP contribution >= 0.6 is 0 Å². The second-order valence-corrected chi connectivity index (χ2v) is 10.2. The second-order valence-electron chi connectivity index (χ2n) is 10.2. The maximum atomic E-state index is 13.1. The van der Waals surface area contributed by atoms with E-state index >= 15 is 0 Å². The molecule has 0 saturated heterocycles. The Balaban J connectivity index is 1.55. The highest BCUT2D eigenvalue weighted by atomic mass is 16.5. The molecule has 9 unspecified atom stereocenters. The fourth-order valence-corrected chi connectivity index (χ4v) is 7.19. The van der Waals surface area contributed by atoms with Crippen molar-refractivity contribution in [3.63, 3.8) is 0 Å². The summed E-state index contributed by atoms with van der Waals surface area (Å²) < 4.78 is 6.08. The maximum absolute atomic E-state index is 13.1. The standard InChI is InChI=1S/C21H32O4/c1-10-11(2)14-9-13(10)16(18(22)23)17(14)19(24)25-15-8-12-6-7-21(15,5)20(12,3)4/h10-17H,6-9H2,1-5H3,(H,22,23). The van der Waals surface area contributed by atoms with Crippen LogP contribution in [0.1, 0.15) is 60.3 Å². The molecule has 0 aromatic rings. The molecule has 0 heterocycles. The maximum Gasteiger partial charge on any atom is 0.310 e. The molecule has 0 spiro atoms. The number of carbonyl (C=O) groups is 2. The van der Waals surface area contributed by atoms with Crippen molar-refractivity contribution in [1.29, 1.82) is 0 Å². The Hall–Kier alpha value is -1.06. The average molecular weight is 348 g/mol. The van der Waals surface area contributed by atoms with Crippen LogP contribution in [0.5, 0.6) is 0 Å². The molecular weight excluding hydrogens is 316 g/mol. The number of ether oxygens (including phenoxy) is 1. The van der Waals surface area contributed by atoms with E-state index in [1.54, 1.807) is 0 Å². The van der Waals surface area contributed by atoms with Crippen molar-refractivity contribution in [2.24, 2.45) is 52.3 Å². The summed E-state index contributed by atoms with van der Waals surface area (Å²) in [5.74, 6) is -0.331. The Kier molecular flexibility index (Phi) is 3.63. The first-order chi connectivity index (χ1) is 11.6. The summed E-state index contributed by atoms with van der Waals surface area (Å²) >= 11 is 0. The van der Waals surface area contributed by atoms with E-state index in [0.717, 1.165) is 19.3 Å². The van der Waals surface area contributed by atoms with Gasteiger partial charge in [0.05, 0.1) is 11.8 Å². The topological polar surface area (TPSA) is 63.6 Å². The third kappa shape index (κ3) is 2.06. The van der Waals surface area contributed by atoms with Gasteiger partial charge in [0, 0.05) is 5.41 Å². The molecule has 0 aromatic carbocycles. The molecule has 0 aliphatic heterocycles. The zero-order chi connectivity index (χ0) is 18.3. The summed E-state index contributed by atoms with van der Waals surface area (Å²) in [5.41, 5.74) is 0.225. The van der Waals surface area contributed by atoms with Gasteiger partial charge in [-0.2, -0.15) is 0 Å². The zero-order valence-electron chi connectivity index (χ0n) is 16.1. The van der Waals surface area contributed by atoms with Crippen LogP contribution in [0.4, 0.5) is 0 Å². The molecule has 4 heteroatoms. The minimum atomic E-state index is -0.812. The van der Waals surface area contributed by atoms with Crippen LogP contribution < -0.4 is 0 Å². The fraction of sp³-hybridized carbons (Fsp3) is 0.905. The highest BCUT2D eigenvalue weighted by Gasteiger charge is 2.65. The number of carbonyl (C=O) groups excluding carboxylic acids is 1. The number of hydrogen-bond donors (Lipinski definition) is 1. The number of rotatable bonds is 3. The van der Waals surface area contributed by atoms with Crippen LogP contribution in [0.25, 0.3) is 0 Å². The number of aliphatic carboxylic acids is 1. The van der Waals surface area contributed by atoms with Crippen molar-refractivity contribution in [3.05, 3.63) is 0 Å². The summed E-state index contributed by atoms with van der Waals surface area (Å²) in [6.45, 7) is 11.2. The third-order valence-corrected chi connectivity index (χ3v) is 9.56. The fourth-order valence-electron chi connectivity index (χ4n) is 7.19. The molecule has 0 aromatic heterocycles. The minimum Gasteiger partial charge on any atom is -0.481 e. The van der Waals surface area contributed by atoms with Crippen molar-refractivity contribution in [2.75, 3.05) is 0 Å². The highest BCUT2D eigenvalue weighted by molar-refractivity contribution is 5.83. The van der Waals surface area contributed by atoms with Crippen molar-refractivity contribution in [3.8, 4) is 0 Å². The number of carboxylic acids is 1. The summed E-state index contributed by atoms with van der Waals surface area (Å²) in [4.78, 5) is 25.0. The third-order valence-electron chi connectivity index (χ3n) is 9.56. The Morgan fingerprint density at radius 3 is 2.08 bits per heavy atom. The van der Waals surface area contributed by atoms with Crippen molar-refractivity contribution < 1.29 is 19.4 Å². The van der Waals surface area contributed by atoms with Crippen LogP contribution in [0.3, 0.4) is 0 Å². The first kappa shape index (κ1) is 17.4. The SMILES string of the molecule is CC1C(C)C2CC1C(C(=O)O)C2C(=O)OC1CC2CCC1(C)C2(C)C. The largest absolute Gasteiger partial charge is 0.481 e. The lowest BCUT2D eigenvalue weighted by molar-refractivity contribution is -0.172. The molecule has 4 rings (SSSR count). The molecular formula is C21H32O4. The monoisotopic (exact) mass is 348 g/mol. The number of fused-ring (bicyclic) bond motifs is 4. The molecule has 0 amide bonds. The molecule has 4 fully saturated rings. The number of carboxylic acid groups (broad SMARTS) is 1. The van der Waals surface area contributed by atoms with Crippen molar-refractivity contribution >= 4 is 11.9 Å². The van der Waals surface area contributed by atoms with Gasteiger partial charge in [0.25, 0.3) is 0 Å². The Morgan fingerprint density at radius 1 is 1.00 bits per heavy atom. The minimum absolute atomic E-state index is 0.0303. The predicted octanol–water partition coefficient (Wildman–Crippen LogP) is 3.98. The Bertz CT molecular complexity index is 611. The number of hydrogen-bond acceptors (Lipinski definition) is 3. The predicted molar refractivity (Wildman–Crippen MR) is 93.6 cm³/mol. The molecule has 4 saturated carbocycles. The molecule has 140 valence electrons. The van der Waals surface area contributed by atoms with Gasteiger partial charge in [0.15, 0.2) is 0 Å². The van der Waals surface area contributed by atoms with E-state index < -0.39 is 17.8 Å². The normalized spacial score (nSPS) is 52.5. The first-order valence-corrected chi connectivity index (χ1v) is 10.0. The quantitative estimate of drug-likeness (QED) is 0.784. The zero-order valence-corrected chi connectivity index (χ0v) is 16.1. The van der Waals surface area contributed by atoms with Crippen LogP contribution in [0.15, 0.2) is 0 Å². The van der Waals surface area contributed by atoms with Gasteiger partial charge in [0.2, 0.25) is 0 Å². The van der Waals surface area contributed by atoms with Crippen LogP contribution in [0.2, 0.25) is 0 Å². The Labute approximate surface area is 150 Å². The van der Waals surface area contributed by atoms with Gasteiger partial charge in [-0.15, -0.1) is 0 Å².